The van der Waals surface area contributed by atoms with Crippen molar-refractivity contribution >= 4 is 21.9 Å². The lowest BCUT2D eigenvalue weighted by molar-refractivity contribution is 0.458. The van der Waals surface area contributed by atoms with Gasteiger partial charge in [0.05, 0.1) is 0 Å². The van der Waals surface area contributed by atoms with Crippen LogP contribution in [-0.2, 0) is 0 Å². The first kappa shape index (κ1) is 13.8. The third kappa shape index (κ3) is 3.67. The number of nitrogens with one attached hydrogen (secondary N) is 1. The molecule has 1 heterocycles. The highest BCUT2D eigenvalue weighted by atomic mass is 79.9. The van der Waals surface area contributed by atoms with E-state index in [4.69, 9.17) is 4.74 Å². The maximum Gasteiger partial charge on any atom is 0.226 e. The quantitative estimate of drug-likeness (QED) is 0.921. The fraction of sp³-hybridized carbons (Fsp3) is 0.286. The summed E-state index contributed by atoms with van der Waals surface area (Å²) in [5, 5.41) is 3.09. The Hall–Kier alpha value is -1.62. The first-order valence-electron chi connectivity index (χ1n) is 6.12. The molecule has 100 valence electrons. The first-order chi connectivity index (χ1) is 9.08. The lowest BCUT2D eigenvalue weighted by atomic mass is 10.2. The average molecular weight is 322 g/mol. The molecule has 0 spiro atoms. The Morgan fingerprint density at radius 2 is 2.00 bits per heavy atom. The van der Waals surface area contributed by atoms with Crippen molar-refractivity contribution in [1.29, 1.82) is 0 Å². The van der Waals surface area contributed by atoms with Crippen LogP contribution in [0.2, 0.25) is 0 Å². The zero-order chi connectivity index (χ0) is 13.8. The largest absolute Gasteiger partial charge is 0.439 e. The molecule has 1 aromatic carbocycles. The molecule has 4 nitrogen and oxygen atoms in total. The van der Waals surface area contributed by atoms with Gasteiger partial charge in [-0.3, -0.25) is 0 Å². The molecule has 0 bridgehead atoms. The van der Waals surface area contributed by atoms with Gasteiger partial charge in [0.25, 0.3) is 0 Å². The monoisotopic (exact) mass is 321 g/mol. The summed E-state index contributed by atoms with van der Waals surface area (Å²) >= 11 is 3.43. The summed E-state index contributed by atoms with van der Waals surface area (Å²) in [5.74, 6) is 1.94. The number of nitrogens with zero attached hydrogens (tertiary/aromatic N) is 2. The maximum absolute atomic E-state index is 5.82. The van der Waals surface area contributed by atoms with E-state index in [1.165, 1.54) is 0 Å². The van der Waals surface area contributed by atoms with Crippen LogP contribution in [0.15, 0.2) is 28.7 Å². The number of hydrogen-bond donors (Lipinski definition) is 1. The Kier molecular flexibility index (Phi) is 4.37. The summed E-state index contributed by atoms with van der Waals surface area (Å²) < 4.78 is 6.85. The van der Waals surface area contributed by atoms with E-state index in [1.54, 1.807) is 0 Å². The highest BCUT2D eigenvalue weighted by Gasteiger charge is 2.06. The van der Waals surface area contributed by atoms with Crippen molar-refractivity contribution in [2.45, 2.75) is 20.8 Å². The fourth-order valence-corrected chi connectivity index (χ4v) is 2.14. The van der Waals surface area contributed by atoms with Crippen molar-refractivity contribution in [3.05, 3.63) is 40.0 Å². The van der Waals surface area contributed by atoms with Crippen molar-refractivity contribution in [3.8, 4) is 11.6 Å². The van der Waals surface area contributed by atoms with Crippen molar-refractivity contribution in [2.75, 3.05) is 11.9 Å². The van der Waals surface area contributed by atoms with Gasteiger partial charge in [0.2, 0.25) is 11.8 Å². The summed E-state index contributed by atoms with van der Waals surface area (Å²) in [6.45, 7) is 6.70. The number of anilines is 1. The number of halogens is 1. The van der Waals surface area contributed by atoms with E-state index in [-0.39, 0.29) is 0 Å². The van der Waals surface area contributed by atoms with Crippen LogP contribution >= 0.6 is 15.9 Å². The van der Waals surface area contributed by atoms with Crippen LogP contribution in [0.3, 0.4) is 0 Å². The van der Waals surface area contributed by atoms with Gasteiger partial charge in [-0.05, 0) is 44.5 Å². The van der Waals surface area contributed by atoms with E-state index in [9.17, 15) is 0 Å². The van der Waals surface area contributed by atoms with Gasteiger partial charge < -0.3 is 10.1 Å². The standard InChI is InChI=1S/C14H16BrN3O/c1-4-16-14-17-10(3)8-13(18-14)19-12-6-5-11(15)7-9(12)2/h5-8H,4H2,1-3H3,(H,16,17,18). The molecule has 0 aliphatic rings. The predicted octanol–water partition coefficient (Wildman–Crippen LogP) is 4.08. The second kappa shape index (κ2) is 6.02. The zero-order valence-electron chi connectivity index (χ0n) is 11.2. The number of benzene rings is 1. The number of hydrogen-bond acceptors (Lipinski definition) is 4. The van der Waals surface area contributed by atoms with E-state index in [2.05, 4.69) is 31.2 Å². The van der Waals surface area contributed by atoms with Gasteiger partial charge in [0.1, 0.15) is 5.75 Å². The Balaban J connectivity index is 2.27. The molecule has 1 aromatic heterocycles. The highest BCUT2D eigenvalue weighted by molar-refractivity contribution is 9.10. The van der Waals surface area contributed by atoms with Gasteiger partial charge in [-0.15, -0.1) is 0 Å². The van der Waals surface area contributed by atoms with Crippen LogP contribution in [0.25, 0.3) is 0 Å². The SMILES string of the molecule is CCNc1nc(C)cc(Oc2ccc(Br)cc2C)n1. The molecule has 0 aliphatic heterocycles. The van der Waals surface area contributed by atoms with E-state index in [0.717, 1.165) is 28.0 Å². The van der Waals surface area contributed by atoms with Crippen molar-refractivity contribution in [2.24, 2.45) is 0 Å². The summed E-state index contributed by atoms with van der Waals surface area (Å²) in [4.78, 5) is 8.62. The molecule has 0 saturated heterocycles. The van der Waals surface area contributed by atoms with Gasteiger partial charge in [-0.25, -0.2) is 4.98 Å². The Morgan fingerprint density at radius 3 is 2.68 bits per heavy atom. The van der Waals surface area contributed by atoms with E-state index >= 15 is 0 Å². The smallest absolute Gasteiger partial charge is 0.226 e. The van der Waals surface area contributed by atoms with Crippen LogP contribution < -0.4 is 10.1 Å². The molecular weight excluding hydrogens is 306 g/mol. The Morgan fingerprint density at radius 1 is 1.21 bits per heavy atom. The molecule has 0 saturated carbocycles. The lowest BCUT2D eigenvalue weighted by Crippen LogP contribution is -2.04. The normalized spacial score (nSPS) is 10.3. The minimum atomic E-state index is 0.550. The third-order valence-corrected chi connectivity index (χ3v) is 3.01. The summed E-state index contributed by atoms with van der Waals surface area (Å²) in [6.07, 6.45) is 0. The van der Waals surface area contributed by atoms with Crippen LogP contribution in [0.5, 0.6) is 11.6 Å². The second-order valence-corrected chi connectivity index (χ2v) is 5.13. The first-order valence-corrected chi connectivity index (χ1v) is 6.91. The number of ether oxygens (including phenoxy) is 1. The molecule has 2 rings (SSSR count). The number of rotatable bonds is 4. The molecule has 0 atom stereocenters. The van der Waals surface area contributed by atoms with Crippen LogP contribution in [0.4, 0.5) is 5.95 Å². The molecule has 0 aliphatic carbocycles. The fourth-order valence-electron chi connectivity index (χ4n) is 1.67. The average Bonchev–Trinajstić information content (AvgIpc) is 2.32. The second-order valence-electron chi connectivity index (χ2n) is 4.21. The van der Waals surface area contributed by atoms with Crippen LogP contribution in [-0.4, -0.2) is 16.5 Å². The zero-order valence-corrected chi connectivity index (χ0v) is 12.8. The van der Waals surface area contributed by atoms with Gasteiger partial charge in [0, 0.05) is 22.8 Å². The van der Waals surface area contributed by atoms with Gasteiger partial charge in [-0.2, -0.15) is 4.98 Å². The molecule has 2 aromatic rings. The van der Waals surface area contributed by atoms with Gasteiger partial charge in [-0.1, -0.05) is 15.9 Å². The lowest BCUT2D eigenvalue weighted by Gasteiger charge is -2.10. The number of aryl methyl sites for hydroxylation is 2. The molecule has 5 heteroatoms. The van der Waals surface area contributed by atoms with Crippen LogP contribution in [0, 0.1) is 13.8 Å². The van der Waals surface area contributed by atoms with Crippen LogP contribution in [0.1, 0.15) is 18.2 Å². The van der Waals surface area contributed by atoms with E-state index in [0.29, 0.717) is 11.8 Å². The molecule has 1 N–H and O–H groups in total. The number of aromatic nitrogens is 2. The third-order valence-electron chi connectivity index (χ3n) is 2.52. The Labute approximate surface area is 121 Å². The topological polar surface area (TPSA) is 47.0 Å². The van der Waals surface area contributed by atoms with E-state index < -0.39 is 0 Å². The summed E-state index contributed by atoms with van der Waals surface area (Å²) in [7, 11) is 0. The minimum absolute atomic E-state index is 0.550. The molecule has 0 radical (unpaired) electrons. The summed E-state index contributed by atoms with van der Waals surface area (Å²) in [6, 6.07) is 7.70. The Bertz CT molecular complexity index is 587. The molecule has 0 unspecified atom stereocenters. The van der Waals surface area contributed by atoms with Crippen molar-refractivity contribution < 1.29 is 4.74 Å². The maximum atomic E-state index is 5.82. The van der Waals surface area contributed by atoms with Crippen molar-refractivity contribution in [1.82, 2.24) is 9.97 Å². The van der Waals surface area contributed by atoms with Gasteiger partial charge >= 0.3 is 0 Å². The molecule has 19 heavy (non-hydrogen) atoms. The minimum Gasteiger partial charge on any atom is -0.439 e. The van der Waals surface area contributed by atoms with Gasteiger partial charge in [0.15, 0.2) is 0 Å². The molecular formula is C14H16BrN3O. The summed E-state index contributed by atoms with van der Waals surface area (Å²) in [5.41, 5.74) is 1.92. The molecule has 0 amide bonds. The predicted molar refractivity (Wildman–Crippen MR) is 79.9 cm³/mol. The molecule has 0 fully saturated rings. The van der Waals surface area contributed by atoms with E-state index in [1.807, 2.05) is 45.0 Å². The highest BCUT2D eigenvalue weighted by Crippen LogP contribution is 2.27. The van der Waals surface area contributed by atoms with Crippen molar-refractivity contribution in [3.63, 3.8) is 0 Å².